The highest BCUT2D eigenvalue weighted by Crippen LogP contribution is 2.38. The number of hydrogen-bond acceptors (Lipinski definition) is 9. The number of non-ortho nitro benzene ring substituents is 1. The lowest BCUT2D eigenvalue weighted by Crippen LogP contribution is -2.24. The van der Waals surface area contributed by atoms with Crippen LogP contribution in [-0.2, 0) is 6.42 Å². The molecule has 0 bridgehead atoms. The van der Waals surface area contributed by atoms with Crippen molar-refractivity contribution in [1.82, 2.24) is 0 Å². The summed E-state index contributed by atoms with van der Waals surface area (Å²) in [4.78, 5) is 27.8. The summed E-state index contributed by atoms with van der Waals surface area (Å²) in [6, 6.07) is 4.61. The molecule has 12 nitrogen and oxygen atoms in total. The number of pyridine rings is 1. The zero-order valence-corrected chi connectivity index (χ0v) is 14.5. The van der Waals surface area contributed by atoms with Gasteiger partial charge in [-0.3, -0.25) is 30.3 Å². The number of aromatic hydroxyl groups is 1. The zero-order valence-electron chi connectivity index (χ0n) is 13.6. The summed E-state index contributed by atoms with van der Waals surface area (Å²) in [5.74, 6) is -0.339. The summed E-state index contributed by atoms with van der Waals surface area (Å²) in [6.07, 6.45) is 5.05. The van der Waals surface area contributed by atoms with Crippen LogP contribution in [-0.4, -0.2) is 25.6 Å². The smallest absolute Gasteiger partial charge is 0.324 e. The van der Waals surface area contributed by atoms with Crippen molar-refractivity contribution in [2.24, 2.45) is 0 Å². The molecule has 0 radical (unpaired) electrons. The lowest BCUT2D eigenvalue weighted by atomic mass is 10.2. The molecule has 13 heteroatoms. The summed E-state index contributed by atoms with van der Waals surface area (Å²) in [7, 11) is 0. The molecular weight excluding hydrogens is 384 g/mol. The van der Waals surface area contributed by atoms with Crippen molar-refractivity contribution < 1.29 is 24.6 Å². The number of rotatable bonds is 6. The molecule has 0 saturated carbocycles. The third-order valence-electron chi connectivity index (χ3n) is 3.12. The number of phenols is 1. The van der Waals surface area contributed by atoms with Crippen LogP contribution in [0.4, 0.5) is 17.1 Å². The molecule has 0 fully saturated rings. The number of nitro groups is 3. The second-order valence-corrected chi connectivity index (χ2v) is 5.45. The maximum Gasteiger partial charge on any atom is 0.324 e. The lowest BCUT2D eigenvalue weighted by molar-refractivity contribution is -0.605. The molecule has 0 saturated heterocycles. The van der Waals surface area contributed by atoms with E-state index < -0.39 is 37.6 Å². The van der Waals surface area contributed by atoms with Gasteiger partial charge < -0.3 is 10.3 Å². The Kier molecular flexibility index (Phi) is 7.88. The van der Waals surface area contributed by atoms with Crippen LogP contribution in [0.25, 0.3) is 0 Å². The van der Waals surface area contributed by atoms with Gasteiger partial charge in [-0.15, -0.1) is 0 Å². The Morgan fingerprint density at radius 2 is 1.59 bits per heavy atom. The van der Waals surface area contributed by atoms with Gasteiger partial charge in [0.05, 0.1) is 26.9 Å². The van der Waals surface area contributed by atoms with Gasteiger partial charge in [0.15, 0.2) is 12.4 Å². The van der Waals surface area contributed by atoms with E-state index in [0.717, 1.165) is 28.9 Å². The highest BCUT2D eigenvalue weighted by molar-refractivity contribution is 7.80. The van der Waals surface area contributed by atoms with Crippen molar-refractivity contribution >= 4 is 29.7 Å². The van der Waals surface area contributed by atoms with Gasteiger partial charge >= 0.3 is 11.4 Å². The first kappa shape index (κ1) is 21.6. The predicted molar refractivity (Wildman–Crippen MR) is 95.6 cm³/mol. The van der Waals surface area contributed by atoms with E-state index in [9.17, 15) is 35.6 Å². The number of thiol groups is 1. The van der Waals surface area contributed by atoms with Crippen LogP contribution in [0.3, 0.4) is 0 Å². The van der Waals surface area contributed by atoms with E-state index in [2.05, 4.69) is 12.6 Å². The molecule has 1 heterocycles. The average molecular weight is 398 g/mol. The monoisotopic (exact) mass is 398 g/mol. The maximum absolute atomic E-state index is 10.8. The summed E-state index contributed by atoms with van der Waals surface area (Å²) in [6.45, 7) is 0. The number of benzene rings is 1. The maximum atomic E-state index is 10.8. The van der Waals surface area contributed by atoms with Crippen molar-refractivity contribution in [2.75, 3.05) is 5.75 Å². The molecular formula is C14H14N4O8S. The summed E-state index contributed by atoms with van der Waals surface area (Å²) < 4.78 is 0.827. The van der Waals surface area contributed by atoms with Gasteiger partial charge in [0, 0.05) is 11.6 Å². The minimum atomic E-state index is -1.21. The summed E-state index contributed by atoms with van der Waals surface area (Å²) >= 11 is 4.09. The first-order valence-electron chi connectivity index (χ1n) is 7.26. The van der Waals surface area contributed by atoms with Crippen LogP contribution in [0, 0.1) is 35.6 Å². The van der Waals surface area contributed by atoms with Crippen LogP contribution in [0.2, 0.25) is 0 Å². The van der Waals surface area contributed by atoms with Crippen LogP contribution in [0.5, 0.6) is 5.75 Å². The highest BCUT2D eigenvalue weighted by atomic mass is 32.1. The molecule has 27 heavy (non-hydrogen) atoms. The van der Waals surface area contributed by atoms with Crippen molar-refractivity contribution in [1.29, 1.82) is 0 Å². The molecule has 0 amide bonds. The van der Waals surface area contributed by atoms with E-state index in [1.54, 1.807) is 12.3 Å². The van der Waals surface area contributed by atoms with E-state index in [0.29, 0.717) is 12.1 Å². The molecule has 1 aromatic carbocycles. The minimum absolute atomic E-state index is 0.447. The number of phenolic OH excluding ortho intramolecular Hbond substituents is 1. The average Bonchev–Trinajstić information content (AvgIpc) is 2.60. The summed E-state index contributed by atoms with van der Waals surface area (Å²) in [5, 5.41) is 51.0. The minimum Gasteiger partial charge on any atom is -0.619 e. The van der Waals surface area contributed by atoms with Crippen molar-refractivity contribution in [3.05, 3.63) is 77.8 Å². The van der Waals surface area contributed by atoms with E-state index in [-0.39, 0.29) is 0 Å². The standard InChI is InChI=1S/C8H11NOS.C6H3N3O7/c10-9-5-1-3-8(7-9)4-2-6-11;10-6-4(8(13)14)1-3(7(11)12)2-5(6)9(15)16/h1,3,5,7,11H,2,4,6H2;1-2,10H. The molecule has 0 atom stereocenters. The highest BCUT2D eigenvalue weighted by Gasteiger charge is 2.30. The molecule has 1 N–H and O–H groups in total. The van der Waals surface area contributed by atoms with Crippen molar-refractivity contribution in [3.63, 3.8) is 0 Å². The largest absolute Gasteiger partial charge is 0.619 e. The number of nitrogens with zero attached hydrogens (tertiary/aromatic N) is 4. The Balaban J connectivity index is 0.000000289. The Labute approximate surface area is 157 Å². The quantitative estimate of drug-likeness (QED) is 0.245. The molecule has 2 rings (SSSR count). The molecule has 2 aromatic rings. The van der Waals surface area contributed by atoms with Gasteiger partial charge in [0.1, 0.15) is 0 Å². The topological polar surface area (TPSA) is 177 Å². The van der Waals surface area contributed by atoms with E-state index >= 15 is 0 Å². The van der Waals surface area contributed by atoms with Crippen LogP contribution in [0.15, 0.2) is 36.7 Å². The molecule has 0 unspecified atom stereocenters. The van der Waals surface area contributed by atoms with Crippen LogP contribution < -0.4 is 4.73 Å². The molecule has 0 spiro atoms. The zero-order chi connectivity index (χ0) is 20.6. The van der Waals surface area contributed by atoms with Crippen molar-refractivity contribution in [3.8, 4) is 5.75 Å². The number of aromatic nitrogens is 1. The van der Waals surface area contributed by atoms with Gasteiger partial charge in [0.2, 0.25) is 0 Å². The number of nitro benzene ring substituents is 3. The third-order valence-corrected chi connectivity index (χ3v) is 3.43. The molecule has 0 aliphatic carbocycles. The first-order valence-corrected chi connectivity index (χ1v) is 7.89. The van der Waals surface area contributed by atoms with Gasteiger partial charge in [-0.25, -0.2) is 0 Å². The third kappa shape index (κ3) is 6.39. The van der Waals surface area contributed by atoms with E-state index in [4.69, 9.17) is 5.11 Å². The van der Waals surface area contributed by atoms with Gasteiger partial charge in [0.25, 0.3) is 11.4 Å². The van der Waals surface area contributed by atoms with Crippen LogP contribution >= 0.6 is 12.6 Å². The second kappa shape index (κ2) is 9.86. The summed E-state index contributed by atoms with van der Waals surface area (Å²) in [5.41, 5.74) is -1.92. The van der Waals surface area contributed by atoms with E-state index in [1.165, 1.54) is 6.20 Å². The molecule has 144 valence electrons. The number of hydrogen-bond donors (Lipinski definition) is 2. The molecule has 1 aromatic heterocycles. The fraction of sp³-hybridized carbons (Fsp3) is 0.214. The Hall–Kier alpha value is -3.48. The SMILES string of the molecule is O=[N+]([O-])c1cc([N+](=O)[O-])c(O)c([N+](=O)[O-])c1.[O-][n+]1cccc(CCCS)c1. The van der Waals surface area contributed by atoms with E-state index in [1.807, 2.05) is 6.07 Å². The Morgan fingerprint density at radius 1 is 1.04 bits per heavy atom. The fourth-order valence-corrected chi connectivity index (χ4v) is 2.06. The second-order valence-electron chi connectivity index (χ2n) is 5.00. The van der Waals surface area contributed by atoms with Gasteiger partial charge in [-0.1, -0.05) is 0 Å². The number of aryl methyl sites for hydroxylation is 1. The Morgan fingerprint density at radius 3 is 2.00 bits per heavy atom. The first-order chi connectivity index (χ1) is 12.7. The lowest BCUT2D eigenvalue weighted by Gasteiger charge is -1.98. The fourth-order valence-electron chi connectivity index (χ4n) is 1.91. The van der Waals surface area contributed by atoms with Gasteiger partial charge in [-0.05, 0) is 24.7 Å². The Bertz CT molecular complexity index is 826. The van der Waals surface area contributed by atoms with Crippen molar-refractivity contribution in [2.45, 2.75) is 12.8 Å². The molecule has 0 aliphatic heterocycles. The molecule has 0 aliphatic rings. The normalized spacial score (nSPS) is 9.81. The van der Waals surface area contributed by atoms with Crippen LogP contribution in [0.1, 0.15) is 12.0 Å². The van der Waals surface area contributed by atoms with Gasteiger partial charge in [-0.2, -0.15) is 17.4 Å². The predicted octanol–water partition coefficient (Wildman–Crippen LogP) is 2.30.